The molecule has 3 N–H and O–H groups in total. The highest BCUT2D eigenvalue weighted by molar-refractivity contribution is 5.86. The predicted octanol–water partition coefficient (Wildman–Crippen LogP) is 2.12. The van der Waals surface area contributed by atoms with Gasteiger partial charge in [-0.15, -0.1) is 24.8 Å². The summed E-state index contributed by atoms with van der Waals surface area (Å²) in [6.45, 7) is 0.774. The van der Waals surface area contributed by atoms with Crippen LogP contribution in [0.5, 0.6) is 0 Å². The Morgan fingerprint density at radius 1 is 1.32 bits per heavy atom. The van der Waals surface area contributed by atoms with Crippen molar-refractivity contribution in [1.82, 2.24) is 10.3 Å². The number of carbonyl (C=O) groups is 1. The van der Waals surface area contributed by atoms with Crippen molar-refractivity contribution in [3.8, 4) is 0 Å². The van der Waals surface area contributed by atoms with E-state index in [4.69, 9.17) is 10.5 Å². The van der Waals surface area contributed by atoms with Crippen LogP contribution in [0.15, 0.2) is 30.3 Å². The number of anilines is 1. The molecule has 0 saturated carbocycles. The number of rotatable bonds is 7. The average Bonchev–Trinajstić information content (AvgIpc) is 2.57. The Bertz CT molecular complexity index is 679. The molecule has 0 radical (unpaired) electrons. The number of fused-ring (bicyclic) bond motifs is 1. The molecule has 0 fully saturated rings. The second-order valence-corrected chi connectivity index (χ2v) is 5.63. The Balaban J connectivity index is 0.00000288. The predicted molar refractivity (Wildman–Crippen MR) is 107 cm³/mol. The Morgan fingerprint density at radius 2 is 2.00 bits per heavy atom. The normalized spacial score (nSPS) is 11.2. The third-order valence-corrected chi connectivity index (χ3v) is 3.73. The maximum absolute atomic E-state index is 12.0. The lowest BCUT2D eigenvalue weighted by atomic mass is 10.1. The van der Waals surface area contributed by atoms with Crippen LogP contribution in [0.2, 0.25) is 0 Å². The Morgan fingerprint density at radius 3 is 2.60 bits per heavy atom. The van der Waals surface area contributed by atoms with Crippen LogP contribution >= 0.6 is 24.8 Å². The average molecular weight is 389 g/mol. The molecular formula is C17H26Cl2N4O2. The number of hydrogen-bond donors (Lipinski definition) is 2. The van der Waals surface area contributed by atoms with Gasteiger partial charge in [-0.1, -0.05) is 18.2 Å². The first-order chi connectivity index (χ1) is 11.0. The minimum absolute atomic E-state index is 0. The number of nitrogens with one attached hydrogen (secondary N) is 1. The van der Waals surface area contributed by atoms with Gasteiger partial charge >= 0.3 is 0 Å². The van der Waals surface area contributed by atoms with E-state index in [1.54, 1.807) is 7.11 Å². The molecule has 2 aromatic rings. The molecule has 1 aromatic heterocycles. The molecule has 8 heteroatoms. The van der Waals surface area contributed by atoms with Crippen LogP contribution in [0, 0.1) is 0 Å². The monoisotopic (exact) mass is 388 g/mol. The number of benzene rings is 1. The molecule has 1 atom stereocenters. The fourth-order valence-corrected chi connectivity index (χ4v) is 2.34. The summed E-state index contributed by atoms with van der Waals surface area (Å²) in [5.74, 6) is 0.791. The molecule has 1 aromatic carbocycles. The van der Waals surface area contributed by atoms with Crippen molar-refractivity contribution in [2.24, 2.45) is 5.73 Å². The Hall–Kier alpha value is -1.60. The zero-order chi connectivity index (χ0) is 16.8. The van der Waals surface area contributed by atoms with Crippen LogP contribution in [0.1, 0.15) is 12.0 Å². The van der Waals surface area contributed by atoms with E-state index in [0.29, 0.717) is 13.1 Å². The number of pyridine rings is 1. The largest absolute Gasteiger partial charge is 0.380 e. The van der Waals surface area contributed by atoms with E-state index >= 15 is 0 Å². The maximum atomic E-state index is 12.0. The van der Waals surface area contributed by atoms with Crippen LogP contribution in [-0.4, -0.2) is 44.7 Å². The quantitative estimate of drug-likeness (QED) is 0.758. The number of para-hydroxylation sites is 1. The SMILES string of the molecule is COC(CN)CC(=O)NCc1cc(N(C)C)nc2ccccc12.Cl.Cl. The molecule has 1 unspecified atom stereocenters. The molecule has 0 aliphatic rings. The first kappa shape index (κ1) is 23.4. The zero-order valence-corrected chi connectivity index (χ0v) is 16.3. The topological polar surface area (TPSA) is 80.5 Å². The number of nitrogens with two attached hydrogens (primary N) is 1. The van der Waals surface area contributed by atoms with Gasteiger partial charge in [0.2, 0.25) is 5.91 Å². The third kappa shape index (κ3) is 6.32. The molecule has 0 bridgehead atoms. The van der Waals surface area contributed by atoms with E-state index in [0.717, 1.165) is 22.3 Å². The lowest BCUT2D eigenvalue weighted by Gasteiger charge is -2.16. The summed E-state index contributed by atoms with van der Waals surface area (Å²) in [4.78, 5) is 18.6. The van der Waals surface area contributed by atoms with Crippen molar-refractivity contribution in [3.63, 3.8) is 0 Å². The van der Waals surface area contributed by atoms with E-state index < -0.39 is 0 Å². The zero-order valence-electron chi connectivity index (χ0n) is 14.7. The highest BCUT2D eigenvalue weighted by atomic mass is 35.5. The van der Waals surface area contributed by atoms with Crippen molar-refractivity contribution < 1.29 is 9.53 Å². The van der Waals surface area contributed by atoms with Gasteiger partial charge in [0.15, 0.2) is 0 Å². The molecule has 6 nitrogen and oxygen atoms in total. The first-order valence-electron chi connectivity index (χ1n) is 7.60. The summed E-state index contributed by atoms with van der Waals surface area (Å²) in [6, 6.07) is 9.92. The smallest absolute Gasteiger partial charge is 0.222 e. The van der Waals surface area contributed by atoms with Gasteiger partial charge in [0.05, 0.1) is 18.0 Å². The number of amides is 1. The summed E-state index contributed by atoms with van der Waals surface area (Å²) in [5.41, 5.74) is 7.50. The fraction of sp³-hybridized carbons (Fsp3) is 0.412. The molecule has 0 spiro atoms. The van der Waals surface area contributed by atoms with E-state index in [-0.39, 0.29) is 43.2 Å². The summed E-state index contributed by atoms with van der Waals surface area (Å²) >= 11 is 0. The maximum Gasteiger partial charge on any atom is 0.222 e. The number of aromatic nitrogens is 1. The van der Waals surface area contributed by atoms with Crippen molar-refractivity contribution in [1.29, 1.82) is 0 Å². The standard InChI is InChI=1S/C17H24N4O2.2ClH/c1-21(2)16-8-12(14-6-4-5-7-15(14)20-16)11-19-17(22)9-13(10-18)23-3;;/h4-8,13H,9-11,18H2,1-3H3,(H,19,22);2*1H. The molecule has 1 heterocycles. The van der Waals surface area contributed by atoms with Crippen LogP contribution in [0.25, 0.3) is 10.9 Å². The summed E-state index contributed by atoms with van der Waals surface area (Å²) in [5, 5.41) is 3.98. The van der Waals surface area contributed by atoms with Gasteiger partial charge in [-0.25, -0.2) is 4.98 Å². The molecule has 0 aliphatic carbocycles. The second kappa shape index (κ2) is 11.1. The van der Waals surface area contributed by atoms with Crippen LogP contribution in [0.3, 0.4) is 0 Å². The highest BCUT2D eigenvalue weighted by Gasteiger charge is 2.12. The summed E-state index contributed by atoms with van der Waals surface area (Å²) in [7, 11) is 5.46. The van der Waals surface area contributed by atoms with Crippen molar-refractivity contribution in [3.05, 3.63) is 35.9 Å². The van der Waals surface area contributed by atoms with Gasteiger partial charge in [-0.2, -0.15) is 0 Å². The van der Waals surface area contributed by atoms with E-state index in [1.807, 2.05) is 49.3 Å². The summed E-state index contributed by atoms with van der Waals surface area (Å²) in [6.07, 6.45) is 0.0119. The second-order valence-electron chi connectivity index (χ2n) is 5.63. The summed E-state index contributed by atoms with van der Waals surface area (Å²) < 4.78 is 5.14. The molecule has 2 rings (SSSR count). The minimum atomic E-state index is -0.249. The molecule has 1 amide bonds. The molecule has 140 valence electrons. The van der Waals surface area contributed by atoms with E-state index in [1.165, 1.54) is 0 Å². The lowest BCUT2D eigenvalue weighted by molar-refractivity contribution is -0.123. The van der Waals surface area contributed by atoms with Crippen LogP contribution in [-0.2, 0) is 16.1 Å². The van der Waals surface area contributed by atoms with Crippen molar-refractivity contribution in [2.75, 3.05) is 32.6 Å². The third-order valence-electron chi connectivity index (χ3n) is 3.73. The van der Waals surface area contributed by atoms with Gasteiger partial charge in [0.1, 0.15) is 5.82 Å². The highest BCUT2D eigenvalue weighted by Crippen LogP contribution is 2.22. The number of hydrogen-bond acceptors (Lipinski definition) is 5. The van der Waals surface area contributed by atoms with Gasteiger partial charge in [-0.3, -0.25) is 4.79 Å². The fourth-order valence-electron chi connectivity index (χ4n) is 2.34. The minimum Gasteiger partial charge on any atom is -0.380 e. The van der Waals surface area contributed by atoms with Gasteiger partial charge < -0.3 is 20.7 Å². The van der Waals surface area contributed by atoms with Crippen LogP contribution < -0.4 is 16.0 Å². The molecule has 0 aliphatic heterocycles. The van der Waals surface area contributed by atoms with E-state index in [9.17, 15) is 4.79 Å². The number of ether oxygens (including phenoxy) is 1. The first-order valence-corrected chi connectivity index (χ1v) is 7.60. The number of methoxy groups -OCH3 is 1. The molecular weight excluding hydrogens is 363 g/mol. The Kier molecular flexibility index (Phi) is 10.4. The number of nitrogens with zero attached hydrogens (tertiary/aromatic N) is 2. The molecule has 0 saturated heterocycles. The van der Waals surface area contributed by atoms with Gasteiger partial charge in [-0.05, 0) is 17.7 Å². The van der Waals surface area contributed by atoms with E-state index in [2.05, 4.69) is 10.3 Å². The lowest BCUT2D eigenvalue weighted by Crippen LogP contribution is -2.32. The number of halogens is 2. The van der Waals surface area contributed by atoms with Gasteiger partial charge in [0, 0.05) is 39.7 Å². The molecule has 25 heavy (non-hydrogen) atoms. The van der Waals surface area contributed by atoms with Gasteiger partial charge in [0.25, 0.3) is 0 Å². The van der Waals surface area contributed by atoms with Crippen molar-refractivity contribution >= 4 is 47.4 Å². The Labute approximate surface area is 160 Å². The number of carbonyl (C=O) groups excluding carboxylic acids is 1. The van der Waals surface area contributed by atoms with Crippen LogP contribution in [0.4, 0.5) is 5.82 Å². The van der Waals surface area contributed by atoms with Crippen molar-refractivity contribution in [2.45, 2.75) is 19.1 Å².